The van der Waals surface area contributed by atoms with E-state index in [-0.39, 0.29) is 5.69 Å². The summed E-state index contributed by atoms with van der Waals surface area (Å²) in [7, 11) is -3.83. The van der Waals surface area contributed by atoms with Gasteiger partial charge in [-0.2, -0.15) is 0 Å². The summed E-state index contributed by atoms with van der Waals surface area (Å²) in [6.07, 6.45) is 3.55. The second kappa shape index (κ2) is 6.02. The lowest BCUT2D eigenvalue weighted by Gasteiger charge is -2.04. The van der Waals surface area contributed by atoms with Crippen molar-refractivity contribution in [3.63, 3.8) is 0 Å². The minimum absolute atomic E-state index is 0.163. The molecule has 2 rings (SSSR count). The van der Waals surface area contributed by atoms with Gasteiger partial charge in [0.15, 0.2) is 5.82 Å². The lowest BCUT2D eigenvalue weighted by Crippen LogP contribution is -2.10. The second-order valence-electron chi connectivity index (χ2n) is 3.83. The van der Waals surface area contributed by atoms with E-state index in [0.29, 0.717) is 10.6 Å². The van der Waals surface area contributed by atoms with Gasteiger partial charge in [-0.3, -0.25) is 9.71 Å². The summed E-state index contributed by atoms with van der Waals surface area (Å²) < 4.78 is 39.0. The molecule has 104 valence electrons. The number of halogens is 2. The van der Waals surface area contributed by atoms with Crippen LogP contribution in [0.4, 0.5) is 10.1 Å². The third-order valence-corrected chi connectivity index (χ3v) is 3.70. The van der Waals surface area contributed by atoms with Crippen LogP contribution in [0.5, 0.6) is 0 Å². The summed E-state index contributed by atoms with van der Waals surface area (Å²) >= 11 is 5.90. The van der Waals surface area contributed by atoms with Crippen LogP contribution in [0, 0.1) is 5.82 Å². The molecule has 7 heteroatoms. The van der Waals surface area contributed by atoms with Gasteiger partial charge < -0.3 is 0 Å². The average molecular weight is 313 g/mol. The molecule has 0 bridgehead atoms. The Morgan fingerprint density at radius 1 is 1.25 bits per heavy atom. The van der Waals surface area contributed by atoms with Crippen LogP contribution in [-0.4, -0.2) is 13.4 Å². The van der Waals surface area contributed by atoms with Gasteiger partial charge in [-0.1, -0.05) is 29.8 Å². The van der Waals surface area contributed by atoms with Crippen molar-refractivity contribution in [1.29, 1.82) is 0 Å². The largest absolute Gasteiger partial charge is 0.277 e. The van der Waals surface area contributed by atoms with E-state index in [2.05, 4.69) is 9.71 Å². The number of benzene rings is 1. The zero-order chi connectivity index (χ0) is 14.6. The molecule has 0 unspecified atom stereocenters. The zero-order valence-electron chi connectivity index (χ0n) is 10.1. The van der Waals surface area contributed by atoms with Crippen LogP contribution in [0.2, 0.25) is 5.02 Å². The number of hydrogen-bond donors (Lipinski definition) is 1. The van der Waals surface area contributed by atoms with Gasteiger partial charge in [0, 0.05) is 11.2 Å². The molecule has 4 nitrogen and oxygen atoms in total. The highest BCUT2D eigenvalue weighted by Crippen LogP contribution is 2.18. The van der Waals surface area contributed by atoms with Gasteiger partial charge >= 0.3 is 0 Å². The van der Waals surface area contributed by atoms with Crippen molar-refractivity contribution in [3.8, 4) is 0 Å². The van der Waals surface area contributed by atoms with Crippen LogP contribution in [-0.2, 0) is 10.0 Å². The van der Waals surface area contributed by atoms with Crippen molar-refractivity contribution < 1.29 is 12.8 Å². The lowest BCUT2D eigenvalue weighted by atomic mass is 10.2. The number of nitrogens with one attached hydrogen (secondary N) is 1. The summed E-state index contributed by atoms with van der Waals surface area (Å²) in [5, 5.41) is 1.35. The first-order valence-electron chi connectivity index (χ1n) is 5.53. The molecule has 0 atom stereocenters. The molecule has 20 heavy (non-hydrogen) atoms. The number of nitrogens with zero attached hydrogens (tertiary/aromatic N) is 1. The van der Waals surface area contributed by atoms with Gasteiger partial charge in [0.05, 0.1) is 17.3 Å². The molecular formula is C13H10ClFN2O2S. The van der Waals surface area contributed by atoms with Crippen molar-refractivity contribution >= 4 is 33.4 Å². The minimum atomic E-state index is -3.83. The van der Waals surface area contributed by atoms with E-state index >= 15 is 0 Å². The molecule has 0 fully saturated rings. The summed E-state index contributed by atoms with van der Waals surface area (Å²) in [6, 6.07) is 8.01. The quantitative estimate of drug-likeness (QED) is 0.942. The van der Waals surface area contributed by atoms with E-state index in [1.807, 2.05) is 0 Å². The summed E-state index contributed by atoms with van der Waals surface area (Å²) in [5.74, 6) is -0.748. The number of pyridine rings is 1. The van der Waals surface area contributed by atoms with Crippen molar-refractivity contribution in [2.24, 2.45) is 0 Å². The van der Waals surface area contributed by atoms with Crippen molar-refractivity contribution in [3.05, 3.63) is 64.5 Å². The van der Waals surface area contributed by atoms with E-state index in [9.17, 15) is 12.8 Å². The van der Waals surface area contributed by atoms with Gasteiger partial charge in [0.1, 0.15) is 0 Å². The normalized spacial score (nSPS) is 11.7. The highest BCUT2D eigenvalue weighted by atomic mass is 35.5. The Labute approximate surface area is 121 Å². The monoisotopic (exact) mass is 312 g/mol. The van der Waals surface area contributed by atoms with Crippen LogP contribution in [0.25, 0.3) is 6.08 Å². The SMILES string of the molecule is O=S(=O)(C=Cc1ccccc1Cl)Nc1ccncc1F. The van der Waals surface area contributed by atoms with Crippen molar-refractivity contribution in [1.82, 2.24) is 4.98 Å². The Morgan fingerprint density at radius 3 is 2.70 bits per heavy atom. The highest BCUT2D eigenvalue weighted by Gasteiger charge is 2.09. The Hall–Kier alpha value is -1.92. The third-order valence-electron chi connectivity index (χ3n) is 2.36. The van der Waals surface area contributed by atoms with E-state index in [0.717, 1.165) is 11.6 Å². The topological polar surface area (TPSA) is 59.1 Å². The Kier molecular flexibility index (Phi) is 4.36. The molecular weight excluding hydrogens is 303 g/mol. The van der Waals surface area contributed by atoms with Gasteiger partial charge in [-0.25, -0.2) is 12.8 Å². The molecule has 1 N–H and O–H groups in total. The fourth-order valence-electron chi connectivity index (χ4n) is 1.42. The predicted molar refractivity (Wildman–Crippen MR) is 77.2 cm³/mol. The molecule has 0 aliphatic heterocycles. The van der Waals surface area contributed by atoms with Gasteiger partial charge in [0.2, 0.25) is 0 Å². The van der Waals surface area contributed by atoms with E-state index in [1.165, 1.54) is 18.3 Å². The smallest absolute Gasteiger partial charge is 0.255 e. The first kappa shape index (κ1) is 14.5. The molecule has 1 heterocycles. The van der Waals surface area contributed by atoms with Crippen LogP contribution in [0.1, 0.15) is 5.56 Å². The number of anilines is 1. The summed E-state index contributed by atoms with van der Waals surface area (Å²) in [6.45, 7) is 0. The van der Waals surface area contributed by atoms with Crippen LogP contribution in [0.3, 0.4) is 0 Å². The molecule has 0 aliphatic rings. The lowest BCUT2D eigenvalue weighted by molar-refractivity contribution is 0.605. The van der Waals surface area contributed by atoms with Gasteiger partial charge in [-0.15, -0.1) is 0 Å². The molecule has 0 radical (unpaired) electrons. The van der Waals surface area contributed by atoms with Crippen LogP contribution < -0.4 is 4.72 Å². The second-order valence-corrected chi connectivity index (χ2v) is 5.80. The Balaban J connectivity index is 2.20. The fraction of sp³-hybridized carbons (Fsp3) is 0. The maximum absolute atomic E-state index is 13.3. The molecule has 1 aromatic heterocycles. The maximum Gasteiger partial charge on any atom is 0.255 e. The zero-order valence-corrected chi connectivity index (χ0v) is 11.7. The molecule has 0 saturated carbocycles. The van der Waals surface area contributed by atoms with Gasteiger partial charge in [0.25, 0.3) is 10.0 Å². The molecule has 0 saturated heterocycles. The minimum Gasteiger partial charge on any atom is -0.277 e. The Bertz CT molecular complexity index is 748. The summed E-state index contributed by atoms with van der Waals surface area (Å²) in [4.78, 5) is 3.53. The predicted octanol–water partition coefficient (Wildman–Crippen LogP) is 3.29. The third kappa shape index (κ3) is 3.79. The summed E-state index contributed by atoms with van der Waals surface area (Å²) in [5.41, 5.74) is 0.388. The number of aromatic nitrogens is 1. The maximum atomic E-state index is 13.3. The van der Waals surface area contributed by atoms with Gasteiger partial charge in [-0.05, 0) is 23.8 Å². The van der Waals surface area contributed by atoms with E-state index < -0.39 is 15.8 Å². The van der Waals surface area contributed by atoms with E-state index in [1.54, 1.807) is 24.3 Å². The molecule has 0 amide bonds. The number of hydrogen-bond acceptors (Lipinski definition) is 3. The number of sulfonamides is 1. The van der Waals surface area contributed by atoms with Crippen molar-refractivity contribution in [2.45, 2.75) is 0 Å². The van der Waals surface area contributed by atoms with Crippen LogP contribution in [0.15, 0.2) is 48.1 Å². The average Bonchev–Trinajstić information content (AvgIpc) is 2.40. The molecule has 1 aromatic carbocycles. The highest BCUT2D eigenvalue weighted by molar-refractivity contribution is 7.95. The first-order valence-corrected chi connectivity index (χ1v) is 7.45. The standard InChI is InChI=1S/C13H10ClFN2O2S/c14-11-4-2-1-3-10(11)6-8-20(18,19)17-13-5-7-16-9-12(13)15/h1-9H,(H,16,17). The number of rotatable bonds is 4. The van der Waals surface area contributed by atoms with Crippen LogP contribution >= 0.6 is 11.6 Å². The fourth-order valence-corrected chi connectivity index (χ4v) is 2.48. The molecule has 0 aliphatic carbocycles. The first-order chi connectivity index (χ1) is 9.48. The Morgan fingerprint density at radius 2 is 2.00 bits per heavy atom. The molecule has 2 aromatic rings. The van der Waals surface area contributed by atoms with Crippen molar-refractivity contribution in [2.75, 3.05) is 4.72 Å². The molecule has 0 spiro atoms. The van der Waals surface area contributed by atoms with E-state index in [4.69, 9.17) is 11.6 Å².